The zero-order chi connectivity index (χ0) is 3.58. The van der Waals surface area contributed by atoms with E-state index in [0.29, 0.717) is 0 Å². The summed E-state index contributed by atoms with van der Waals surface area (Å²) in [6.07, 6.45) is 0. The Bertz CT molecular complexity index is 35.9. The zero-order valence-corrected chi connectivity index (χ0v) is 7.88. The summed E-state index contributed by atoms with van der Waals surface area (Å²) < 4.78 is 0. The first-order valence-corrected chi connectivity index (χ1v) is 0.565. The molecule has 0 aliphatic carbocycles. The SMILES string of the molecule is N.O=[N+]([O-])O.[K].[P]. The van der Waals surface area contributed by atoms with E-state index in [1.807, 2.05) is 0 Å². The van der Waals surface area contributed by atoms with Crippen LogP contribution in [0.4, 0.5) is 0 Å². The monoisotopic (exact) mass is 150 g/mol. The van der Waals surface area contributed by atoms with Gasteiger partial charge >= 0.3 is 0 Å². The molecule has 0 aliphatic rings. The Morgan fingerprint density at radius 2 is 1.57 bits per heavy atom. The third-order valence-electron chi connectivity index (χ3n) is 0. The summed E-state index contributed by atoms with van der Waals surface area (Å²) in [4.78, 5) is 8.36. The minimum absolute atomic E-state index is 0. The third kappa shape index (κ3) is 131. The molecule has 0 heterocycles. The maximum atomic E-state index is 8.36. The van der Waals surface area contributed by atoms with Crippen molar-refractivity contribution in [2.24, 2.45) is 0 Å². The molecule has 0 rings (SSSR count). The minimum Gasteiger partial charge on any atom is -0.344 e. The molecule has 0 unspecified atom stereocenters. The van der Waals surface area contributed by atoms with E-state index in [9.17, 15) is 0 Å². The van der Waals surface area contributed by atoms with Crippen LogP contribution in [-0.2, 0) is 0 Å². The summed E-state index contributed by atoms with van der Waals surface area (Å²) in [6, 6.07) is 0. The largest absolute Gasteiger partial charge is 0.344 e. The zero-order valence-electron chi connectivity index (χ0n) is 3.87. The maximum absolute atomic E-state index is 8.36. The average molecular weight is 150 g/mol. The Balaban J connectivity index is -0.0000000150. The second-order valence-electron chi connectivity index (χ2n) is 0.238. The van der Waals surface area contributed by atoms with Gasteiger partial charge < -0.3 is 11.4 Å². The number of hydrogen-bond donors (Lipinski definition) is 2. The minimum atomic E-state index is -1.50. The molecule has 7 heteroatoms. The molecule has 0 saturated carbocycles. The smallest absolute Gasteiger partial charge is 0.291 e. The fourth-order valence-electron chi connectivity index (χ4n) is 0. The van der Waals surface area contributed by atoms with Gasteiger partial charge in [-0.25, -0.2) is 0 Å². The summed E-state index contributed by atoms with van der Waals surface area (Å²) in [6.45, 7) is 0. The molecule has 7 heavy (non-hydrogen) atoms. The molecule has 0 aromatic rings. The third-order valence-corrected chi connectivity index (χ3v) is 0. The predicted octanol–water partition coefficient (Wildman–Crippen LogP) is 0.295. The van der Waals surface area contributed by atoms with Crippen LogP contribution in [0.15, 0.2) is 0 Å². The fraction of sp³-hybridized carbons (Fsp3) is 0. The van der Waals surface area contributed by atoms with E-state index in [1.54, 1.807) is 0 Å². The van der Waals surface area contributed by atoms with Crippen molar-refractivity contribution < 1.29 is 10.3 Å². The van der Waals surface area contributed by atoms with E-state index in [-0.39, 0.29) is 67.4 Å². The molecular formula is H4KN2O3P. The molecule has 0 fully saturated rings. The molecule has 0 aromatic heterocycles. The first-order chi connectivity index (χ1) is 1.73. The summed E-state index contributed by atoms with van der Waals surface area (Å²) >= 11 is 0. The van der Waals surface area contributed by atoms with Gasteiger partial charge in [0.15, 0.2) is 0 Å². The molecule has 0 aromatic carbocycles. The van der Waals surface area contributed by atoms with Crippen molar-refractivity contribution >= 4 is 61.3 Å². The molecule has 0 atom stereocenters. The van der Waals surface area contributed by atoms with E-state index < -0.39 is 5.09 Å². The molecular weight excluding hydrogens is 146 g/mol. The summed E-state index contributed by atoms with van der Waals surface area (Å²) in [5.74, 6) is 0. The molecule has 0 bridgehead atoms. The molecule has 0 spiro atoms. The second-order valence-corrected chi connectivity index (χ2v) is 0.238. The Morgan fingerprint density at radius 3 is 1.57 bits per heavy atom. The van der Waals surface area contributed by atoms with Gasteiger partial charge in [0.25, 0.3) is 5.09 Å². The van der Waals surface area contributed by atoms with Gasteiger partial charge in [0, 0.05) is 61.3 Å². The first kappa shape index (κ1) is 24.0. The first-order valence-electron chi connectivity index (χ1n) is 0.565. The van der Waals surface area contributed by atoms with Crippen molar-refractivity contribution in [3.05, 3.63) is 10.1 Å². The number of rotatable bonds is 0. The second kappa shape index (κ2) is 15.7. The van der Waals surface area contributed by atoms with Crippen LogP contribution in [0.25, 0.3) is 0 Å². The topological polar surface area (TPSA) is 98.4 Å². The summed E-state index contributed by atoms with van der Waals surface area (Å²) in [5.41, 5.74) is 0. The standard InChI is InChI=1S/K.HNO3.H3N.P/c;2-1(3)4;;/h;(H,2,3,4);1H3;. The van der Waals surface area contributed by atoms with Crippen molar-refractivity contribution in [3.63, 3.8) is 0 Å². The van der Waals surface area contributed by atoms with Crippen LogP contribution in [-0.4, -0.2) is 61.7 Å². The Labute approximate surface area is 86.6 Å². The molecule has 4 radical (unpaired) electrons. The van der Waals surface area contributed by atoms with Gasteiger partial charge in [0.05, 0.1) is 0 Å². The van der Waals surface area contributed by atoms with Gasteiger partial charge in [-0.1, -0.05) is 0 Å². The van der Waals surface area contributed by atoms with Crippen LogP contribution in [0.3, 0.4) is 0 Å². The van der Waals surface area contributed by atoms with E-state index in [1.165, 1.54) is 0 Å². The quantitative estimate of drug-likeness (QED) is 0.224. The van der Waals surface area contributed by atoms with Gasteiger partial charge in [-0.05, 0) is 0 Å². The van der Waals surface area contributed by atoms with E-state index in [4.69, 9.17) is 15.3 Å². The maximum Gasteiger partial charge on any atom is 0.291 e. The van der Waals surface area contributed by atoms with Gasteiger partial charge in [0.2, 0.25) is 0 Å². The van der Waals surface area contributed by atoms with Crippen LogP contribution < -0.4 is 6.15 Å². The van der Waals surface area contributed by atoms with Crippen LogP contribution >= 0.6 is 9.90 Å². The summed E-state index contributed by atoms with van der Waals surface area (Å²) in [5, 5.41) is 13.6. The van der Waals surface area contributed by atoms with Gasteiger partial charge in [0.1, 0.15) is 0 Å². The molecule has 4 N–H and O–H groups in total. The number of hydrogen-bond acceptors (Lipinski definition) is 3. The van der Waals surface area contributed by atoms with E-state index in [2.05, 4.69) is 0 Å². The normalized spacial score (nSPS) is 3.43. The predicted molar refractivity (Wildman–Crippen MR) is 26.5 cm³/mol. The Hall–Kier alpha value is 1.23. The van der Waals surface area contributed by atoms with Crippen LogP contribution in [0.2, 0.25) is 0 Å². The van der Waals surface area contributed by atoms with Crippen molar-refractivity contribution in [2.75, 3.05) is 0 Å². The van der Waals surface area contributed by atoms with Crippen molar-refractivity contribution in [1.82, 2.24) is 6.15 Å². The molecule has 0 aliphatic heterocycles. The molecule has 38 valence electrons. The van der Waals surface area contributed by atoms with Crippen molar-refractivity contribution in [3.8, 4) is 0 Å². The van der Waals surface area contributed by atoms with Crippen molar-refractivity contribution in [1.29, 1.82) is 0 Å². The van der Waals surface area contributed by atoms with Gasteiger partial charge in [-0.2, -0.15) is 0 Å². The van der Waals surface area contributed by atoms with Crippen LogP contribution in [0.5, 0.6) is 0 Å². The molecule has 5 nitrogen and oxygen atoms in total. The molecule has 0 amide bonds. The summed E-state index contributed by atoms with van der Waals surface area (Å²) in [7, 11) is 0. The molecule has 0 saturated heterocycles. The fourth-order valence-corrected chi connectivity index (χ4v) is 0. The Morgan fingerprint density at radius 1 is 1.57 bits per heavy atom. The van der Waals surface area contributed by atoms with E-state index >= 15 is 0 Å². The van der Waals surface area contributed by atoms with E-state index in [0.717, 1.165) is 0 Å². The van der Waals surface area contributed by atoms with Gasteiger partial charge in [-0.15, -0.1) is 10.1 Å². The van der Waals surface area contributed by atoms with Crippen LogP contribution in [0, 0.1) is 10.1 Å². The van der Waals surface area contributed by atoms with Gasteiger partial charge in [-0.3, -0.25) is 0 Å². The number of nitrogens with zero attached hydrogens (tertiary/aromatic N) is 1. The van der Waals surface area contributed by atoms with Crippen LogP contribution in [0.1, 0.15) is 0 Å². The van der Waals surface area contributed by atoms with Crippen molar-refractivity contribution in [2.45, 2.75) is 0 Å². The Kier molecular flexibility index (Phi) is 53.9. The average Bonchev–Trinajstić information content (AvgIpc) is 0.811.